The minimum Gasteiger partial charge on any atom is -0.379 e. The first-order valence-corrected chi connectivity index (χ1v) is 8.57. The van der Waals surface area contributed by atoms with Gasteiger partial charge in [0.1, 0.15) is 0 Å². The van der Waals surface area contributed by atoms with E-state index in [0.717, 1.165) is 6.42 Å². The molecule has 120 valence electrons. The minimum atomic E-state index is -3.76. The number of primary sulfonamides is 1. The molecule has 2 aliphatic rings. The van der Waals surface area contributed by atoms with Gasteiger partial charge >= 0.3 is 0 Å². The molecule has 3 rings (SSSR count). The average molecular weight is 326 g/mol. The number of hydrogen-bond donors (Lipinski definition) is 1. The molecule has 2 fully saturated rings. The van der Waals surface area contributed by atoms with Crippen molar-refractivity contribution in [1.29, 1.82) is 0 Å². The third-order valence-electron chi connectivity index (χ3n) is 4.16. The van der Waals surface area contributed by atoms with Gasteiger partial charge < -0.3 is 14.4 Å². The van der Waals surface area contributed by atoms with Gasteiger partial charge in [-0.15, -0.1) is 0 Å². The van der Waals surface area contributed by atoms with Crippen molar-refractivity contribution in [3.05, 3.63) is 29.8 Å². The first-order chi connectivity index (χ1) is 10.4. The van der Waals surface area contributed by atoms with E-state index in [1.807, 2.05) is 0 Å². The van der Waals surface area contributed by atoms with Crippen LogP contribution in [-0.4, -0.2) is 57.7 Å². The summed E-state index contributed by atoms with van der Waals surface area (Å²) < 4.78 is 33.5. The van der Waals surface area contributed by atoms with E-state index in [0.29, 0.717) is 38.5 Å². The predicted octanol–water partition coefficient (Wildman–Crippen LogP) is -0.0345. The van der Waals surface area contributed by atoms with Crippen LogP contribution in [0.2, 0.25) is 0 Å². The fraction of sp³-hybridized carbons (Fsp3) is 0.500. The van der Waals surface area contributed by atoms with Crippen molar-refractivity contribution in [3.8, 4) is 0 Å². The van der Waals surface area contributed by atoms with E-state index in [1.165, 1.54) is 24.3 Å². The van der Waals surface area contributed by atoms with E-state index >= 15 is 0 Å². The first-order valence-electron chi connectivity index (χ1n) is 7.03. The maximum atomic E-state index is 12.8. The van der Waals surface area contributed by atoms with Gasteiger partial charge in [-0.3, -0.25) is 4.79 Å². The fourth-order valence-corrected chi connectivity index (χ4v) is 3.43. The van der Waals surface area contributed by atoms with Crippen molar-refractivity contribution in [2.45, 2.75) is 16.9 Å². The van der Waals surface area contributed by atoms with E-state index in [9.17, 15) is 13.2 Å². The lowest BCUT2D eigenvalue weighted by Gasteiger charge is -2.43. The van der Waals surface area contributed by atoms with Crippen molar-refractivity contribution in [1.82, 2.24) is 4.90 Å². The number of rotatable bonds is 2. The summed E-state index contributed by atoms with van der Waals surface area (Å²) in [6.07, 6.45) is 0.744. The molecule has 1 aromatic carbocycles. The predicted molar refractivity (Wildman–Crippen MR) is 77.8 cm³/mol. The van der Waals surface area contributed by atoms with Crippen LogP contribution in [-0.2, 0) is 19.5 Å². The molecule has 0 saturated carbocycles. The monoisotopic (exact) mass is 326 g/mol. The molecular weight excluding hydrogens is 308 g/mol. The highest BCUT2D eigenvalue weighted by molar-refractivity contribution is 7.89. The van der Waals surface area contributed by atoms with Crippen LogP contribution < -0.4 is 5.14 Å². The summed E-state index contributed by atoms with van der Waals surface area (Å²) in [6, 6.07) is 5.67. The summed E-state index contributed by atoms with van der Waals surface area (Å²) in [5, 5.41) is 5.06. The molecule has 1 amide bonds. The number of hydrogen-bond acceptors (Lipinski definition) is 5. The molecule has 2 heterocycles. The maximum Gasteiger partial charge on any atom is 0.254 e. The largest absolute Gasteiger partial charge is 0.379 e. The Balaban J connectivity index is 1.86. The Morgan fingerprint density at radius 1 is 1.14 bits per heavy atom. The van der Waals surface area contributed by atoms with E-state index < -0.39 is 15.6 Å². The van der Waals surface area contributed by atoms with E-state index in [2.05, 4.69) is 0 Å². The maximum absolute atomic E-state index is 12.8. The van der Waals surface area contributed by atoms with Crippen molar-refractivity contribution >= 4 is 15.9 Å². The third kappa shape index (κ3) is 2.74. The molecule has 8 heteroatoms. The summed E-state index contributed by atoms with van der Waals surface area (Å²) in [5.74, 6) is -0.144. The fourth-order valence-electron chi connectivity index (χ4n) is 2.92. The second-order valence-corrected chi connectivity index (χ2v) is 7.17. The molecule has 2 N–H and O–H groups in total. The Bertz CT molecular complexity index is 665. The topological polar surface area (TPSA) is 98.9 Å². The summed E-state index contributed by atoms with van der Waals surface area (Å²) in [6.45, 7) is 2.53. The Labute approximate surface area is 129 Å². The summed E-state index contributed by atoms with van der Waals surface area (Å²) >= 11 is 0. The zero-order valence-corrected chi connectivity index (χ0v) is 12.8. The van der Waals surface area contributed by atoms with Crippen LogP contribution in [0.1, 0.15) is 16.8 Å². The average Bonchev–Trinajstić information content (AvgIpc) is 2.95. The van der Waals surface area contributed by atoms with Gasteiger partial charge in [-0.05, 0) is 30.7 Å². The Morgan fingerprint density at radius 3 is 2.36 bits per heavy atom. The van der Waals surface area contributed by atoms with Gasteiger partial charge in [0.2, 0.25) is 10.0 Å². The van der Waals surface area contributed by atoms with Gasteiger partial charge in [0.25, 0.3) is 5.91 Å². The molecule has 0 aromatic heterocycles. The number of carbonyl (C=O) groups is 1. The number of nitrogens with two attached hydrogens (primary N) is 1. The van der Waals surface area contributed by atoms with E-state index in [4.69, 9.17) is 14.6 Å². The van der Waals surface area contributed by atoms with Crippen molar-refractivity contribution in [3.63, 3.8) is 0 Å². The standard InChI is InChI=1S/C14H18N2O5S/c15-22(18,19)12-3-1-11(2-4-12)13(17)16-6-8-21-10-14(16)5-7-20-9-14/h1-4H,5-10H2,(H2,15,18,19). The lowest BCUT2D eigenvalue weighted by molar-refractivity contribution is -0.0551. The molecule has 0 aliphatic carbocycles. The molecule has 2 saturated heterocycles. The Morgan fingerprint density at radius 2 is 1.77 bits per heavy atom. The van der Waals surface area contributed by atoms with Gasteiger partial charge in [-0.1, -0.05) is 0 Å². The summed E-state index contributed by atoms with van der Waals surface area (Å²) in [5.41, 5.74) is 0.0223. The van der Waals surface area contributed by atoms with Crippen molar-refractivity contribution in [2.75, 3.05) is 33.0 Å². The zero-order chi connectivity index (χ0) is 15.8. The van der Waals surface area contributed by atoms with Gasteiger partial charge in [0.05, 0.1) is 30.3 Å². The molecule has 1 spiro atoms. The molecule has 1 aromatic rings. The summed E-state index contributed by atoms with van der Waals surface area (Å²) in [4.78, 5) is 14.5. The SMILES string of the molecule is NS(=O)(=O)c1ccc(C(=O)N2CCOCC23CCOC3)cc1. The molecule has 7 nitrogen and oxygen atoms in total. The zero-order valence-electron chi connectivity index (χ0n) is 12.0. The number of amides is 1. The van der Waals surface area contributed by atoms with Crippen LogP contribution in [0.5, 0.6) is 0 Å². The van der Waals surface area contributed by atoms with Crippen molar-refractivity contribution in [2.24, 2.45) is 5.14 Å². The minimum absolute atomic E-state index is 0.00931. The van der Waals surface area contributed by atoms with Crippen molar-refractivity contribution < 1.29 is 22.7 Å². The Kier molecular flexibility index (Phi) is 3.94. The number of nitrogens with zero attached hydrogens (tertiary/aromatic N) is 1. The molecule has 0 bridgehead atoms. The second kappa shape index (κ2) is 5.62. The van der Waals surface area contributed by atoms with Crippen LogP contribution in [0, 0.1) is 0 Å². The lowest BCUT2D eigenvalue weighted by Crippen LogP contribution is -2.59. The number of morpholine rings is 1. The van der Waals surface area contributed by atoms with Gasteiger partial charge in [0, 0.05) is 18.7 Å². The highest BCUT2D eigenvalue weighted by Crippen LogP contribution is 2.30. The van der Waals surface area contributed by atoms with Crippen LogP contribution in [0.4, 0.5) is 0 Å². The highest BCUT2D eigenvalue weighted by atomic mass is 32.2. The first kappa shape index (κ1) is 15.4. The third-order valence-corrected chi connectivity index (χ3v) is 5.09. The van der Waals surface area contributed by atoms with Crippen LogP contribution in [0.25, 0.3) is 0 Å². The number of benzene rings is 1. The number of sulfonamides is 1. The van der Waals surface area contributed by atoms with Gasteiger partial charge in [-0.25, -0.2) is 13.6 Å². The lowest BCUT2D eigenvalue weighted by atomic mass is 9.95. The smallest absolute Gasteiger partial charge is 0.254 e. The molecule has 1 atom stereocenters. The van der Waals surface area contributed by atoms with Crippen LogP contribution in [0.3, 0.4) is 0 Å². The van der Waals surface area contributed by atoms with Crippen LogP contribution >= 0.6 is 0 Å². The molecule has 0 radical (unpaired) electrons. The Hall–Kier alpha value is -1.48. The van der Waals surface area contributed by atoms with Crippen LogP contribution in [0.15, 0.2) is 29.2 Å². The highest BCUT2D eigenvalue weighted by Gasteiger charge is 2.45. The van der Waals surface area contributed by atoms with E-state index in [-0.39, 0.29) is 10.8 Å². The quantitative estimate of drug-likeness (QED) is 0.822. The molecule has 22 heavy (non-hydrogen) atoms. The summed E-state index contributed by atoms with van der Waals surface area (Å²) in [7, 11) is -3.76. The molecule has 1 unspecified atom stereocenters. The molecule has 2 aliphatic heterocycles. The van der Waals surface area contributed by atoms with E-state index in [1.54, 1.807) is 4.90 Å². The van der Waals surface area contributed by atoms with Gasteiger partial charge in [0.15, 0.2) is 0 Å². The second-order valence-electron chi connectivity index (χ2n) is 5.61. The number of carbonyl (C=O) groups excluding carboxylic acids is 1. The molecular formula is C14H18N2O5S. The normalized spacial score (nSPS) is 25.6. The number of ether oxygens (including phenoxy) is 2. The van der Waals surface area contributed by atoms with Gasteiger partial charge in [-0.2, -0.15) is 0 Å².